The van der Waals surface area contributed by atoms with Crippen LogP contribution in [0, 0.1) is 11.8 Å². The van der Waals surface area contributed by atoms with Crippen LogP contribution in [0.1, 0.15) is 31.7 Å². The molecule has 0 bridgehead atoms. The van der Waals surface area contributed by atoms with E-state index in [0.29, 0.717) is 23.3 Å². The predicted octanol–water partition coefficient (Wildman–Crippen LogP) is 2.16. The maximum absolute atomic E-state index is 12.3. The van der Waals surface area contributed by atoms with Crippen LogP contribution in [-0.4, -0.2) is 28.6 Å². The van der Waals surface area contributed by atoms with E-state index in [0.717, 1.165) is 24.9 Å². The van der Waals surface area contributed by atoms with Gasteiger partial charge in [-0.1, -0.05) is 31.9 Å². The number of hydrogen-bond acceptors (Lipinski definition) is 3. The first-order valence-electron chi connectivity index (χ1n) is 7.76. The molecule has 2 atom stereocenters. The lowest BCUT2D eigenvalue weighted by atomic mass is 9.99. The van der Waals surface area contributed by atoms with Crippen LogP contribution in [0.4, 0.5) is 0 Å². The number of likely N-dealkylation sites (N-methyl/N-ethyl adjacent to an activating group) is 1. The van der Waals surface area contributed by atoms with Crippen LogP contribution >= 0.6 is 0 Å². The Kier molecular flexibility index (Phi) is 5.79. The molecular weight excluding hydrogens is 284 g/mol. The van der Waals surface area contributed by atoms with Crippen LogP contribution in [0.25, 0.3) is 0 Å². The van der Waals surface area contributed by atoms with E-state index in [1.165, 1.54) is 12.8 Å². The van der Waals surface area contributed by atoms with Crippen LogP contribution in [0.5, 0.6) is 0 Å². The minimum atomic E-state index is -3.37. The second-order valence-corrected chi connectivity index (χ2v) is 7.78. The first-order chi connectivity index (χ1) is 10.0. The Morgan fingerprint density at radius 1 is 1.19 bits per heavy atom. The van der Waals surface area contributed by atoms with Crippen molar-refractivity contribution in [2.24, 2.45) is 11.8 Å². The Morgan fingerprint density at radius 3 is 2.48 bits per heavy atom. The zero-order valence-electron chi connectivity index (χ0n) is 12.9. The van der Waals surface area contributed by atoms with Crippen molar-refractivity contribution in [1.29, 1.82) is 0 Å². The summed E-state index contributed by atoms with van der Waals surface area (Å²) in [6.45, 7) is 3.66. The molecule has 0 aromatic heterocycles. The molecule has 1 saturated carbocycles. The molecule has 1 aliphatic rings. The van der Waals surface area contributed by atoms with Gasteiger partial charge in [0.15, 0.2) is 0 Å². The first kappa shape index (κ1) is 16.5. The summed E-state index contributed by atoms with van der Waals surface area (Å²) in [6.07, 6.45) is 4.47. The third-order valence-electron chi connectivity index (χ3n) is 4.47. The summed E-state index contributed by atoms with van der Waals surface area (Å²) in [6, 6.07) is 7.19. The molecule has 118 valence electrons. The molecule has 1 fully saturated rings. The first-order valence-corrected chi connectivity index (χ1v) is 9.24. The summed E-state index contributed by atoms with van der Waals surface area (Å²) in [5, 5.41) is 3.09. The molecule has 0 amide bonds. The Hall–Kier alpha value is -0.910. The molecule has 1 aliphatic carbocycles. The third kappa shape index (κ3) is 4.53. The zero-order valence-corrected chi connectivity index (χ0v) is 13.7. The van der Waals surface area contributed by atoms with Crippen molar-refractivity contribution < 1.29 is 8.42 Å². The Labute approximate surface area is 128 Å². The van der Waals surface area contributed by atoms with E-state index in [1.54, 1.807) is 12.1 Å². The second-order valence-electron chi connectivity index (χ2n) is 6.02. The van der Waals surface area contributed by atoms with Gasteiger partial charge >= 0.3 is 0 Å². The third-order valence-corrected chi connectivity index (χ3v) is 5.91. The molecular formula is C16H26N2O2S. The fraction of sp³-hybridized carbons (Fsp3) is 0.625. The van der Waals surface area contributed by atoms with Gasteiger partial charge in [-0.3, -0.25) is 0 Å². The van der Waals surface area contributed by atoms with E-state index >= 15 is 0 Å². The molecule has 2 N–H and O–H groups in total. The van der Waals surface area contributed by atoms with Gasteiger partial charge in [0.1, 0.15) is 0 Å². The summed E-state index contributed by atoms with van der Waals surface area (Å²) in [5.74, 6) is 1.10. The molecule has 1 aromatic carbocycles. The highest BCUT2D eigenvalue weighted by Gasteiger charge is 2.25. The predicted molar refractivity (Wildman–Crippen MR) is 85.8 cm³/mol. The minimum Gasteiger partial charge on any atom is -0.319 e. The van der Waals surface area contributed by atoms with Gasteiger partial charge in [-0.25, -0.2) is 13.1 Å². The summed E-state index contributed by atoms with van der Waals surface area (Å²) >= 11 is 0. The Morgan fingerprint density at radius 2 is 1.90 bits per heavy atom. The van der Waals surface area contributed by atoms with E-state index in [2.05, 4.69) is 17.0 Å². The standard InChI is InChI=1S/C16H26N2O2S/c1-13-4-3-5-15(13)12-18-21(19,20)16-8-6-14(7-9-16)10-11-17-2/h6-9,13,15,17-18H,3-5,10-12H2,1-2H3. The monoisotopic (exact) mass is 310 g/mol. The minimum absolute atomic E-state index is 0.362. The fourth-order valence-corrected chi connectivity index (χ4v) is 4.02. The van der Waals surface area contributed by atoms with Gasteiger partial charge in [-0.05, 0) is 56.0 Å². The average Bonchev–Trinajstić information content (AvgIpc) is 2.89. The zero-order chi connectivity index (χ0) is 15.3. The number of nitrogens with one attached hydrogen (secondary N) is 2. The van der Waals surface area contributed by atoms with E-state index in [-0.39, 0.29) is 0 Å². The van der Waals surface area contributed by atoms with Gasteiger partial charge in [-0.15, -0.1) is 0 Å². The number of sulfonamides is 1. The molecule has 0 radical (unpaired) electrons. The molecule has 21 heavy (non-hydrogen) atoms. The summed E-state index contributed by atoms with van der Waals surface area (Å²) < 4.78 is 27.4. The fourth-order valence-electron chi connectivity index (χ4n) is 2.93. The average molecular weight is 310 g/mol. The Bertz CT molecular complexity index is 540. The van der Waals surface area contributed by atoms with Crippen LogP contribution in [0.3, 0.4) is 0 Å². The topological polar surface area (TPSA) is 58.2 Å². The largest absolute Gasteiger partial charge is 0.319 e. The lowest BCUT2D eigenvalue weighted by Crippen LogP contribution is -2.30. The molecule has 1 aromatic rings. The van der Waals surface area contributed by atoms with Gasteiger partial charge < -0.3 is 5.32 Å². The van der Waals surface area contributed by atoms with E-state index in [9.17, 15) is 8.42 Å². The van der Waals surface area contributed by atoms with E-state index in [1.807, 2.05) is 19.2 Å². The van der Waals surface area contributed by atoms with Crippen molar-refractivity contribution in [1.82, 2.24) is 10.0 Å². The van der Waals surface area contributed by atoms with Gasteiger partial charge in [0.2, 0.25) is 10.0 Å². The quantitative estimate of drug-likeness (QED) is 0.811. The van der Waals surface area contributed by atoms with Gasteiger partial charge in [0, 0.05) is 6.54 Å². The van der Waals surface area contributed by atoms with Crippen molar-refractivity contribution in [3.8, 4) is 0 Å². The van der Waals surface area contributed by atoms with Crippen molar-refractivity contribution in [2.75, 3.05) is 20.1 Å². The van der Waals surface area contributed by atoms with E-state index in [4.69, 9.17) is 0 Å². The van der Waals surface area contributed by atoms with Crippen LogP contribution in [0.15, 0.2) is 29.2 Å². The molecule has 0 spiro atoms. The molecule has 2 unspecified atom stereocenters. The number of rotatable bonds is 7. The molecule has 0 aliphatic heterocycles. The summed E-state index contributed by atoms with van der Waals surface area (Å²) in [7, 11) is -1.46. The highest BCUT2D eigenvalue weighted by atomic mass is 32.2. The highest BCUT2D eigenvalue weighted by Crippen LogP contribution is 2.30. The van der Waals surface area contributed by atoms with Crippen molar-refractivity contribution in [3.63, 3.8) is 0 Å². The van der Waals surface area contributed by atoms with Gasteiger partial charge in [0.25, 0.3) is 0 Å². The smallest absolute Gasteiger partial charge is 0.240 e. The second kappa shape index (κ2) is 7.38. The van der Waals surface area contributed by atoms with Crippen LogP contribution in [0.2, 0.25) is 0 Å². The SMILES string of the molecule is CNCCc1ccc(S(=O)(=O)NCC2CCCC2C)cc1. The maximum Gasteiger partial charge on any atom is 0.240 e. The van der Waals surface area contributed by atoms with Crippen molar-refractivity contribution in [3.05, 3.63) is 29.8 Å². The molecule has 0 saturated heterocycles. The van der Waals surface area contributed by atoms with E-state index < -0.39 is 10.0 Å². The lowest BCUT2D eigenvalue weighted by Gasteiger charge is -2.16. The molecule has 0 heterocycles. The molecule has 5 heteroatoms. The van der Waals surface area contributed by atoms with Gasteiger partial charge in [-0.2, -0.15) is 0 Å². The maximum atomic E-state index is 12.3. The lowest BCUT2D eigenvalue weighted by molar-refractivity contribution is 0.414. The summed E-state index contributed by atoms with van der Waals surface area (Å²) in [4.78, 5) is 0.362. The summed E-state index contributed by atoms with van der Waals surface area (Å²) in [5.41, 5.74) is 1.15. The highest BCUT2D eigenvalue weighted by molar-refractivity contribution is 7.89. The van der Waals surface area contributed by atoms with Crippen LogP contribution < -0.4 is 10.0 Å². The number of hydrogen-bond donors (Lipinski definition) is 2. The number of benzene rings is 1. The molecule has 4 nitrogen and oxygen atoms in total. The van der Waals surface area contributed by atoms with Gasteiger partial charge in [0.05, 0.1) is 4.90 Å². The Balaban J connectivity index is 1.95. The van der Waals surface area contributed by atoms with Crippen molar-refractivity contribution in [2.45, 2.75) is 37.5 Å². The van der Waals surface area contributed by atoms with Crippen molar-refractivity contribution >= 4 is 10.0 Å². The van der Waals surface area contributed by atoms with Crippen LogP contribution in [-0.2, 0) is 16.4 Å². The molecule has 2 rings (SSSR count). The normalized spacial score (nSPS) is 22.6.